The molecule has 0 aliphatic heterocycles. The molecular formula is C15H29N5O. The lowest BCUT2D eigenvalue weighted by atomic mass is 9.93. The summed E-state index contributed by atoms with van der Waals surface area (Å²) < 4.78 is 0. The maximum atomic E-state index is 9.74. The Balaban J connectivity index is 3.34. The molecule has 0 saturated heterocycles. The van der Waals surface area contributed by atoms with Gasteiger partial charge in [-0.05, 0) is 19.8 Å². The topological polar surface area (TPSA) is 96.1 Å². The predicted molar refractivity (Wildman–Crippen MR) is 87.3 cm³/mol. The third kappa shape index (κ3) is 3.83. The molecule has 6 nitrogen and oxygen atoms in total. The van der Waals surface area contributed by atoms with Crippen molar-refractivity contribution in [1.29, 1.82) is 0 Å². The molecule has 0 saturated carbocycles. The third-order valence-electron chi connectivity index (χ3n) is 3.99. The van der Waals surface area contributed by atoms with Crippen LogP contribution in [0.4, 0.5) is 11.6 Å². The summed E-state index contributed by atoms with van der Waals surface area (Å²) in [7, 11) is 0. The number of aliphatic hydroxyl groups is 1. The van der Waals surface area contributed by atoms with E-state index in [-0.39, 0.29) is 17.6 Å². The van der Waals surface area contributed by atoms with Crippen LogP contribution in [0.3, 0.4) is 0 Å². The number of hydrogen-bond donors (Lipinski definition) is 4. The zero-order valence-electron chi connectivity index (χ0n) is 14.0. The summed E-state index contributed by atoms with van der Waals surface area (Å²) in [5.74, 6) is 7.62. The second kappa shape index (κ2) is 6.58. The van der Waals surface area contributed by atoms with Crippen molar-refractivity contribution in [1.82, 2.24) is 9.97 Å². The van der Waals surface area contributed by atoms with Crippen LogP contribution in [-0.4, -0.2) is 27.2 Å². The largest absolute Gasteiger partial charge is 0.394 e. The van der Waals surface area contributed by atoms with Gasteiger partial charge in [-0.15, -0.1) is 0 Å². The highest BCUT2D eigenvalue weighted by Crippen LogP contribution is 2.29. The minimum atomic E-state index is -0.375. The average molecular weight is 295 g/mol. The van der Waals surface area contributed by atoms with Gasteiger partial charge in [-0.2, -0.15) is 0 Å². The fourth-order valence-corrected chi connectivity index (χ4v) is 2.06. The van der Waals surface area contributed by atoms with Gasteiger partial charge < -0.3 is 15.8 Å². The Labute approximate surface area is 127 Å². The van der Waals surface area contributed by atoms with E-state index in [4.69, 9.17) is 5.84 Å². The highest BCUT2D eigenvalue weighted by Gasteiger charge is 2.28. The number of hydrazine groups is 1. The molecule has 0 bridgehead atoms. The van der Waals surface area contributed by atoms with E-state index in [1.54, 1.807) is 0 Å². The van der Waals surface area contributed by atoms with E-state index in [2.05, 4.69) is 55.3 Å². The van der Waals surface area contributed by atoms with E-state index < -0.39 is 0 Å². The van der Waals surface area contributed by atoms with Crippen LogP contribution < -0.4 is 16.6 Å². The van der Waals surface area contributed by atoms with E-state index in [1.165, 1.54) is 0 Å². The number of nitrogens with zero attached hydrogens (tertiary/aromatic N) is 2. The predicted octanol–water partition coefficient (Wildman–Crippen LogP) is 2.33. The summed E-state index contributed by atoms with van der Waals surface area (Å²) in [6.07, 6.45) is 1.61. The zero-order chi connectivity index (χ0) is 16.3. The van der Waals surface area contributed by atoms with Crippen LogP contribution in [-0.2, 0) is 5.41 Å². The molecule has 1 heterocycles. The zero-order valence-corrected chi connectivity index (χ0v) is 14.0. The molecule has 6 heteroatoms. The highest BCUT2D eigenvalue weighted by atomic mass is 16.3. The Morgan fingerprint density at radius 3 is 2.00 bits per heavy atom. The molecule has 0 aliphatic carbocycles. The smallest absolute Gasteiger partial charge is 0.148 e. The number of rotatable bonds is 6. The summed E-state index contributed by atoms with van der Waals surface area (Å²) in [4.78, 5) is 9.13. The molecule has 5 N–H and O–H groups in total. The fourth-order valence-electron chi connectivity index (χ4n) is 2.06. The second-order valence-electron chi connectivity index (χ2n) is 6.53. The van der Waals surface area contributed by atoms with Crippen LogP contribution >= 0.6 is 0 Å². The van der Waals surface area contributed by atoms with Gasteiger partial charge in [0.1, 0.15) is 17.5 Å². The number of aliphatic hydroxyl groups excluding tert-OH is 1. The first-order valence-electron chi connectivity index (χ1n) is 7.47. The van der Waals surface area contributed by atoms with Crippen LogP contribution in [0, 0.1) is 6.92 Å². The van der Waals surface area contributed by atoms with Gasteiger partial charge in [-0.1, -0.05) is 34.6 Å². The Hall–Kier alpha value is -1.40. The van der Waals surface area contributed by atoms with Gasteiger partial charge in [0, 0.05) is 11.0 Å². The fraction of sp³-hybridized carbons (Fsp3) is 0.733. The number of nitrogens with two attached hydrogens (primary N) is 1. The number of nitrogens with one attached hydrogen (secondary N) is 2. The lowest BCUT2D eigenvalue weighted by Crippen LogP contribution is -2.41. The first-order valence-corrected chi connectivity index (χ1v) is 7.47. The monoisotopic (exact) mass is 295 g/mol. The molecule has 0 fully saturated rings. The van der Waals surface area contributed by atoms with E-state index in [9.17, 15) is 5.11 Å². The SMILES string of the molecule is CCC(CC)(CO)Nc1nc(C(C)(C)C)nc(NN)c1C. The molecule has 120 valence electrons. The molecule has 0 radical (unpaired) electrons. The molecule has 1 aromatic rings. The summed E-state index contributed by atoms with van der Waals surface area (Å²) >= 11 is 0. The van der Waals surface area contributed by atoms with Crippen molar-refractivity contribution in [2.24, 2.45) is 5.84 Å². The summed E-state index contributed by atoms with van der Waals surface area (Å²) in [5.41, 5.74) is 2.93. The van der Waals surface area contributed by atoms with Crippen LogP contribution in [0.2, 0.25) is 0 Å². The van der Waals surface area contributed by atoms with Gasteiger partial charge in [-0.3, -0.25) is 0 Å². The number of nitrogen functional groups attached to an aromatic ring is 1. The molecule has 1 aromatic heterocycles. The second-order valence-corrected chi connectivity index (χ2v) is 6.53. The van der Waals surface area contributed by atoms with Crippen molar-refractivity contribution >= 4 is 11.6 Å². The van der Waals surface area contributed by atoms with Crippen LogP contribution in [0.25, 0.3) is 0 Å². The summed E-state index contributed by atoms with van der Waals surface area (Å²) in [5, 5.41) is 13.1. The summed E-state index contributed by atoms with van der Waals surface area (Å²) in [6, 6.07) is 0. The molecule has 0 spiro atoms. The van der Waals surface area contributed by atoms with Crippen LogP contribution in [0.1, 0.15) is 58.8 Å². The van der Waals surface area contributed by atoms with Crippen molar-refractivity contribution in [2.45, 2.75) is 65.3 Å². The average Bonchev–Trinajstić information content (AvgIpc) is 2.45. The van der Waals surface area contributed by atoms with Crippen LogP contribution in [0.5, 0.6) is 0 Å². The molecule has 0 aromatic carbocycles. The standard InChI is InChI=1S/C15H29N5O/c1-7-15(8-2,9-21)19-11-10(3)12(20-16)18-13(17-11)14(4,5)6/h21H,7-9,16H2,1-6H3,(H2,17,18,19,20). The minimum Gasteiger partial charge on any atom is -0.394 e. The molecule has 0 amide bonds. The van der Waals surface area contributed by atoms with E-state index in [1.807, 2.05) is 6.92 Å². The normalized spacial score (nSPS) is 12.4. The Morgan fingerprint density at radius 2 is 1.62 bits per heavy atom. The van der Waals surface area contributed by atoms with Crippen molar-refractivity contribution in [3.8, 4) is 0 Å². The molecular weight excluding hydrogens is 266 g/mol. The Kier molecular flexibility index (Phi) is 5.53. The molecule has 1 rings (SSSR count). The molecule has 0 unspecified atom stereocenters. The minimum absolute atomic E-state index is 0.0552. The van der Waals surface area contributed by atoms with E-state index in [0.717, 1.165) is 24.2 Å². The van der Waals surface area contributed by atoms with Crippen molar-refractivity contribution in [2.75, 3.05) is 17.3 Å². The lowest BCUT2D eigenvalue weighted by molar-refractivity contribution is 0.202. The molecule has 0 atom stereocenters. The first kappa shape index (κ1) is 17.7. The Morgan fingerprint density at radius 1 is 1.10 bits per heavy atom. The lowest BCUT2D eigenvalue weighted by Gasteiger charge is -2.33. The van der Waals surface area contributed by atoms with Crippen molar-refractivity contribution in [3.63, 3.8) is 0 Å². The number of anilines is 2. The van der Waals surface area contributed by atoms with Gasteiger partial charge in [-0.25, -0.2) is 15.8 Å². The van der Waals surface area contributed by atoms with Crippen molar-refractivity contribution < 1.29 is 5.11 Å². The van der Waals surface area contributed by atoms with E-state index >= 15 is 0 Å². The maximum absolute atomic E-state index is 9.74. The highest BCUT2D eigenvalue weighted by molar-refractivity contribution is 5.58. The maximum Gasteiger partial charge on any atom is 0.148 e. The quantitative estimate of drug-likeness (QED) is 0.475. The number of aromatic nitrogens is 2. The molecule has 0 aliphatic rings. The summed E-state index contributed by atoms with van der Waals surface area (Å²) in [6.45, 7) is 12.2. The van der Waals surface area contributed by atoms with E-state index in [0.29, 0.717) is 11.6 Å². The number of hydrogen-bond acceptors (Lipinski definition) is 6. The van der Waals surface area contributed by atoms with Gasteiger partial charge in [0.25, 0.3) is 0 Å². The van der Waals surface area contributed by atoms with Gasteiger partial charge in [0.2, 0.25) is 0 Å². The van der Waals surface area contributed by atoms with Crippen molar-refractivity contribution in [3.05, 3.63) is 11.4 Å². The third-order valence-corrected chi connectivity index (χ3v) is 3.99. The Bertz CT molecular complexity index is 469. The molecule has 21 heavy (non-hydrogen) atoms. The van der Waals surface area contributed by atoms with Gasteiger partial charge in [0.05, 0.1) is 12.1 Å². The van der Waals surface area contributed by atoms with Crippen LogP contribution in [0.15, 0.2) is 0 Å². The van der Waals surface area contributed by atoms with Gasteiger partial charge in [0.15, 0.2) is 0 Å². The first-order chi connectivity index (χ1) is 9.72. The van der Waals surface area contributed by atoms with Gasteiger partial charge >= 0.3 is 0 Å².